The van der Waals surface area contributed by atoms with Crippen LogP contribution in [0.2, 0.25) is 0 Å². The van der Waals surface area contributed by atoms with Gasteiger partial charge in [0.1, 0.15) is 5.60 Å². The van der Waals surface area contributed by atoms with E-state index in [0.29, 0.717) is 18.2 Å². The van der Waals surface area contributed by atoms with Crippen LogP contribution in [0.15, 0.2) is 30.3 Å². The molecular weight excluding hydrogens is 384 g/mol. The number of amides is 1. The molecule has 1 fully saturated rings. The molecule has 2 aliphatic heterocycles. The fraction of sp³-hybridized carbons (Fsp3) is 0.545. The highest BCUT2D eigenvalue weighted by molar-refractivity contribution is 7.15. The predicted octanol–water partition coefficient (Wildman–Crippen LogP) is 4.01. The third kappa shape index (κ3) is 4.41. The molecule has 6 nitrogen and oxygen atoms in total. The quantitative estimate of drug-likeness (QED) is 0.804. The summed E-state index contributed by atoms with van der Waals surface area (Å²) in [5.41, 5.74) is 7.87. The zero-order valence-electron chi connectivity index (χ0n) is 17.5. The molecule has 0 saturated carbocycles. The number of nitrogens with two attached hydrogens (primary N) is 1. The van der Waals surface area contributed by atoms with E-state index in [4.69, 9.17) is 15.5 Å². The molecule has 3 heterocycles. The van der Waals surface area contributed by atoms with Gasteiger partial charge in [-0.05, 0) is 52.3 Å². The predicted molar refractivity (Wildman–Crippen MR) is 116 cm³/mol. The number of carbonyl (C=O) groups excluding carboxylic acids is 1. The normalized spacial score (nSPS) is 19.2. The Morgan fingerprint density at radius 1 is 1.24 bits per heavy atom. The second-order valence-corrected chi connectivity index (χ2v) is 10.3. The maximum Gasteiger partial charge on any atom is 0.410 e. The molecule has 2 N–H and O–H groups in total. The van der Waals surface area contributed by atoms with Gasteiger partial charge in [-0.3, -0.25) is 4.90 Å². The molecular formula is C22H30N4O2S. The van der Waals surface area contributed by atoms with Crippen molar-refractivity contribution in [2.24, 2.45) is 0 Å². The molecule has 1 saturated heterocycles. The fourth-order valence-corrected chi connectivity index (χ4v) is 5.36. The van der Waals surface area contributed by atoms with E-state index in [1.165, 1.54) is 16.9 Å². The minimum atomic E-state index is -0.504. The Morgan fingerprint density at radius 3 is 2.59 bits per heavy atom. The maximum absolute atomic E-state index is 12.8. The van der Waals surface area contributed by atoms with E-state index in [9.17, 15) is 4.79 Å². The topological polar surface area (TPSA) is 71.7 Å². The van der Waals surface area contributed by atoms with Gasteiger partial charge < -0.3 is 15.4 Å². The molecule has 1 aromatic heterocycles. The largest absolute Gasteiger partial charge is 0.444 e. The van der Waals surface area contributed by atoms with Gasteiger partial charge in [-0.25, -0.2) is 9.78 Å². The lowest BCUT2D eigenvalue weighted by atomic mass is 9.73. The van der Waals surface area contributed by atoms with E-state index < -0.39 is 5.60 Å². The van der Waals surface area contributed by atoms with Gasteiger partial charge in [-0.15, -0.1) is 11.3 Å². The van der Waals surface area contributed by atoms with Crippen LogP contribution in [0.3, 0.4) is 0 Å². The molecule has 0 unspecified atom stereocenters. The first-order valence-electron chi connectivity index (χ1n) is 10.2. The summed E-state index contributed by atoms with van der Waals surface area (Å²) in [6.07, 6.45) is 1.69. The lowest BCUT2D eigenvalue weighted by Crippen LogP contribution is -2.53. The number of ether oxygens (including phenoxy) is 1. The van der Waals surface area contributed by atoms with E-state index in [2.05, 4.69) is 35.2 Å². The number of anilines is 1. The van der Waals surface area contributed by atoms with Crippen molar-refractivity contribution in [3.8, 4) is 0 Å². The van der Waals surface area contributed by atoms with Crippen molar-refractivity contribution in [3.63, 3.8) is 0 Å². The molecule has 7 heteroatoms. The molecule has 1 aromatic carbocycles. The maximum atomic E-state index is 12.8. The summed E-state index contributed by atoms with van der Waals surface area (Å²) in [4.78, 5) is 23.0. The summed E-state index contributed by atoms with van der Waals surface area (Å²) in [5.74, 6) is 0. The summed E-state index contributed by atoms with van der Waals surface area (Å²) in [7, 11) is 0. The number of hydrogen-bond donors (Lipinski definition) is 1. The van der Waals surface area contributed by atoms with Crippen LogP contribution in [0.1, 0.15) is 49.7 Å². The van der Waals surface area contributed by atoms with Crippen LogP contribution in [-0.4, -0.2) is 46.1 Å². The van der Waals surface area contributed by atoms with Crippen LogP contribution in [-0.2, 0) is 23.2 Å². The van der Waals surface area contributed by atoms with Crippen LogP contribution in [0, 0.1) is 0 Å². The van der Waals surface area contributed by atoms with Crippen LogP contribution in [0.4, 0.5) is 9.93 Å². The highest BCUT2D eigenvalue weighted by atomic mass is 32.1. The highest BCUT2D eigenvalue weighted by Crippen LogP contribution is 2.44. The number of fused-ring (bicyclic) bond motifs is 2. The van der Waals surface area contributed by atoms with E-state index >= 15 is 0 Å². The number of likely N-dealkylation sites (tertiary alicyclic amines) is 1. The zero-order chi connectivity index (χ0) is 20.6. The van der Waals surface area contributed by atoms with Crippen molar-refractivity contribution in [1.82, 2.24) is 14.8 Å². The van der Waals surface area contributed by atoms with Gasteiger partial charge in [0.05, 0.1) is 12.2 Å². The summed E-state index contributed by atoms with van der Waals surface area (Å²) in [6.45, 7) is 9.82. The number of benzene rings is 1. The Labute approximate surface area is 176 Å². The van der Waals surface area contributed by atoms with Crippen LogP contribution in [0.25, 0.3) is 0 Å². The minimum Gasteiger partial charge on any atom is -0.444 e. The summed E-state index contributed by atoms with van der Waals surface area (Å²) < 4.78 is 5.66. The molecule has 0 bridgehead atoms. The summed E-state index contributed by atoms with van der Waals surface area (Å²) in [5, 5.41) is 0.590. The number of rotatable bonds is 2. The molecule has 2 aromatic rings. The van der Waals surface area contributed by atoms with E-state index in [1.807, 2.05) is 25.7 Å². The van der Waals surface area contributed by atoms with Crippen molar-refractivity contribution >= 4 is 22.6 Å². The van der Waals surface area contributed by atoms with Crippen molar-refractivity contribution in [3.05, 3.63) is 46.5 Å². The molecule has 0 aliphatic carbocycles. The lowest BCUT2D eigenvalue weighted by Gasteiger charge is -2.46. The number of nitrogen functional groups attached to an aromatic ring is 1. The van der Waals surface area contributed by atoms with Crippen LogP contribution < -0.4 is 5.73 Å². The Bertz CT molecular complexity index is 867. The Kier molecular flexibility index (Phi) is 5.29. The molecule has 2 aliphatic rings. The third-order valence-electron chi connectivity index (χ3n) is 5.76. The average molecular weight is 415 g/mol. The number of hydrogen-bond acceptors (Lipinski definition) is 6. The second kappa shape index (κ2) is 7.61. The van der Waals surface area contributed by atoms with Crippen molar-refractivity contribution in [2.45, 2.75) is 57.7 Å². The number of carbonyl (C=O) groups is 1. The van der Waals surface area contributed by atoms with Crippen molar-refractivity contribution in [2.75, 3.05) is 25.4 Å². The highest BCUT2D eigenvalue weighted by Gasteiger charge is 2.46. The number of thiazole rings is 1. The van der Waals surface area contributed by atoms with Gasteiger partial charge in [-0.2, -0.15) is 0 Å². The number of piperidine rings is 1. The van der Waals surface area contributed by atoms with Gasteiger partial charge in [0.2, 0.25) is 0 Å². The van der Waals surface area contributed by atoms with E-state index in [-0.39, 0.29) is 11.5 Å². The number of nitrogens with zero attached hydrogens (tertiary/aromatic N) is 3. The van der Waals surface area contributed by atoms with E-state index in [1.54, 1.807) is 0 Å². The Hall–Kier alpha value is -2.12. The second-order valence-electron chi connectivity index (χ2n) is 9.20. The van der Waals surface area contributed by atoms with Crippen molar-refractivity contribution in [1.29, 1.82) is 0 Å². The molecule has 0 atom stereocenters. The third-order valence-corrected chi connectivity index (χ3v) is 6.63. The monoisotopic (exact) mass is 414 g/mol. The molecule has 156 valence electrons. The standard InChI is InChI=1S/C22H30N4O2S/c1-21(2,3)28-20(27)26-14-17-18(24-19(23)29-17)22(15-26)9-11-25(12-10-22)13-16-7-5-4-6-8-16/h4-8H,9-15H2,1-3H3,(H2,23,24). The average Bonchev–Trinajstić information content (AvgIpc) is 3.04. The molecule has 4 rings (SSSR count). The van der Waals surface area contributed by atoms with Crippen LogP contribution in [0.5, 0.6) is 0 Å². The molecule has 29 heavy (non-hydrogen) atoms. The SMILES string of the molecule is CC(C)(C)OC(=O)N1Cc2sc(N)nc2C2(CCN(Cc3ccccc3)CC2)C1. The van der Waals surface area contributed by atoms with E-state index in [0.717, 1.165) is 43.0 Å². The van der Waals surface area contributed by atoms with Gasteiger partial charge in [-0.1, -0.05) is 30.3 Å². The van der Waals surface area contributed by atoms with Gasteiger partial charge in [0.15, 0.2) is 5.13 Å². The Balaban J connectivity index is 1.52. The lowest BCUT2D eigenvalue weighted by molar-refractivity contribution is 0.0102. The molecule has 1 spiro atoms. The first kappa shape index (κ1) is 20.2. The fourth-order valence-electron chi connectivity index (χ4n) is 4.39. The van der Waals surface area contributed by atoms with Gasteiger partial charge in [0, 0.05) is 23.4 Å². The molecule has 0 radical (unpaired) electrons. The summed E-state index contributed by atoms with van der Waals surface area (Å²) in [6, 6.07) is 10.6. The van der Waals surface area contributed by atoms with Crippen LogP contribution >= 0.6 is 11.3 Å². The number of aromatic nitrogens is 1. The first-order chi connectivity index (χ1) is 13.7. The van der Waals surface area contributed by atoms with Crippen molar-refractivity contribution < 1.29 is 9.53 Å². The van der Waals surface area contributed by atoms with Gasteiger partial charge in [0.25, 0.3) is 0 Å². The minimum absolute atomic E-state index is 0.133. The summed E-state index contributed by atoms with van der Waals surface area (Å²) >= 11 is 1.50. The Morgan fingerprint density at radius 2 is 1.93 bits per heavy atom. The first-order valence-corrected chi connectivity index (χ1v) is 11.1. The smallest absolute Gasteiger partial charge is 0.410 e. The van der Waals surface area contributed by atoms with Gasteiger partial charge >= 0.3 is 6.09 Å². The zero-order valence-corrected chi connectivity index (χ0v) is 18.3. The molecule has 1 amide bonds.